The van der Waals surface area contributed by atoms with Crippen LogP contribution in [0.15, 0.2) is 15.9 Å². The molecule has 0 amide bonds. The average molecular weight is 317 g/mol. The zero-order chi connectivity index (χ0) is 16.5. The molecule has 3 N–H and O–H groups in total. The second-order valence-corrected chi connectivity index (χ2v) is 4.73. The van der Waals surface area contributed by atoms with Crippen molar-refractivity contribution >= 4 is 0 Å². The summed E-state index contributed by atoms with van der Waals surface area (Å²) < 4.78 is 33.0. The lowest BCUT2D eigenvalue weighted by molar-refractivity contribution is -0.0807. The van der Waals surface area contributed by atoms with Gasteiger partial charge >= 0.3 is 11.4 Å². The maximum Gasteiger partial charge on any atom is 0.350 e. The Labute approximate surface area is 122 Å². The van der Waals surface area contributed by atoms with Crippen LogP contribution >= 0.6 is 0 Å². The molecule has 1 aliphatic heterocycles. The van der Waals surface area contributed by atoms with E-state index in [1.807, 2.05) is 11.8 Å². The summed E-state index contributed by atoms with van der Waals surface area (Å²) in [6, 6.07) is 0. The van der Waals surface area contributed by atoms with E-state index in [1.165, 1.54) is 6.92 Å². The fourth-order valence-corrected chi connectivity index (χ4v) is 2.18. The Morgan fingerprint density at radius 2 is 2.32 bits per heavy atom. The number of nitrogens with zero attached hydrogens (tertiary/aromatic N) is 2. The SMILES string of the molecule is C[C@@H](O)[C@H]1O[C@@H](n2cnc(=O)[nH]c2=O)C(F)(C#CCF)[C@H]1O. The van der Waals surface area contributed by atoms with Crippen molar-refractivity contribution in [3.8, 4) is 11.8 Å². The number of aromatic nitrogens is 3. The van der Waals surface area contributed by atoms with E-state index in [1.54, 1.807) is 4.98 Å². The number of alkyl halides is 2. The van der Waals surface area contributed by atoms with Crippen LogP contribution in [0.4, 0.5) is 8.78 Å². The number of nitrogens with one attached hydrogen (secondary N) is 1. The lowest BCUT2D eigenvalue weighted by Gasteiger charge is -2.23. The average Bonchev–Trinajstić information content (AvgIpc) is 2.70. The van der Waals surface area contributed by atoms with Gasteiger partial charge in [0.25, 0.3) is 0 Å². The molecule has 0 aromatic carbocycles. The highest BCUT2D eigenvalue weighted by atomic mass is 19.1. The molecule has 0 radical (unpaired) electrons. The van der Waals surface area contributed by atoms with Crippen LogP contribution in [-0.2, 0) is 4.74 Å². The zero-order valence-corrected chi connectivity index (χ0v) is 11.4. The third-order valence-corrected chi connectivity index (χ3v) is 3.21. The van der Waals surface area contributed by atoms with Crippen LogP contribution in [0.1, 0.15) is 13.2 Å². The summed E-state index contributed by atoms with van der Waals surface area (Å²) in [6.07, 6.45) is -5.71. The minimum atomic E-state index is -2.86. The first-order chi connectivity index (χ1) is 10.3. The van der Waals surface area contributed by atoms with Gasteiger partial charge in [-0.3, -0.25) is 9.55 Å². The van der Waals surface area contributed by atoms with Crippen LogP contribution in [0.2, 0.25) is 0 Å². The molecular weight excluding hydrogens is 304 g/mol. The summed E-state index contributed by atoms with van der Waals surface area (Å²) >= 11 is 0. The summed E-state index contributed by atoms with van der Waals surface area (Å²) in [4.78, 5) is 27.7. The molecule has 120 valence electrons. The van der Waals surface area contributed by atoms with Crippen LogP contribution in [0.25, 0.3) is 0 Å². The molecule has 10 heteroatoms. The Kier molecular flexibility index (Phi) is 4.41. The summed E-state index contributed by atoms with van der Waals surface area (Å²) in [6.45, 7) is 0.0659. The summed E-state index contributed by atoms with van der Waals surface area (Å²) in [7, 11) is 0. The lowest BCUT2D eigenvalue weighted by atomic mass is 9.94. The summed E-state index contributed by atoms with van der Waals surface area (Å²) in [5.41, 5.74) is -4.86. The Morgan fingerprint density at radius 1 is 1.64 bits per heavy atom. The maximum atomic E-state index is 15.0. The topological polar surface area (TPSA) is 117 Å². The highest BCUT2D eigenvalue weighted by Crippen LogP contribution is 2.41. The van der Waals surface area contributed by atoms with Gasteiger partial charge in [0.15, 0.2) is 6.23 Å². The predicted molar refractivity (Wildman–Crippen MR) is 68.3 cm³/mol. The molecule has 1 fully saturated rings. The van der Waals surface area contributed by atoms with E-state index >= 15 is 4.39 Å². The van der Waals surface area contributed by atoms with E-state index < -0.39 is 48.3 Å². The van der Waals surface area contributed by atoms with Gasteiger partial charge in [0.05, 0.1) is 6.10 Å². The van der Waals surface area contributed by atoms with Crippen LogP contribution in [0.3, 0.4) is 0 Å². The molecule has 8 nitrogen and oxygen atoms in total. The molecule has 22 heavy (non-hydrogen) atoms. The van der Waals surface area contributed by atoms with Crippen molar-refractivity contribution in [2.75, 3.05) is 6.67 Å². The second-order valence-electron chi connectivity index (χ2n) is 4.73. The van der Waals surface area contributed by atoms with Gasteiger partial charge < -0.3 is 14.9 Å². The van der Waals surface area contributed by atoms with E-state index in [9.17, 15) is 24.2 Å². The van der Waals surface area contributed by atoms with E-state index in [4.69, 9.17) is 4.74 Å². The van der Waals surface area contributed by atoms with Crippen molar-refractivity contribution in [3.05, 3.63) is 27.3 Å². The Balaban J connectivity index is 2.55. The minimum Gasteiger partial charge on any atom is -0.391 e. The van der Waals surface area contributed by atoms with Gasteiger partial charge in [-0.2, -0.15) is 4.98 Å². The number of halogens is 2. The van der Waals surface area contributed by atoms with E-state index in [0.29, 0.717) is 10.9 Å². The van der Waals surface area contributed by atoms with Crippen molar-refractivity contribution in [1.82, 2.24) is 14.5 Å². The van der Waals surface area contributed by atoms with E-state index in [2.05, 4.69) is 4.98 Å². The molecular formula is C12H13F2N3O5. The van der Waals surface area contributed by atoms with Crippen molar-refractivity contribution in [3.63, 3.8) is 0 Å². The third-order valence-electron chi connectivity index (χ3n) is 3.21. The smallest absolute Gasteiger partial charge is 0.350 e. The first kappa shape index (κ1) is 16.3. The molecule has 1 saturated heterocycles. The van der Waals surface area contributed by atoms with E-state index in [-0.39, 0.29) is 0 Å². The molecule has 2 rings (SSSR count). The number of H-pyrrole nitrogens is 1. The number of hydrogen-bond donors (Lipinski definition) is 3. The highest BCUT2D eigenvalue weighted by Gasteiger charge is 2.59. The van der Waals surface area contributed by atoms with Crippen molar-refractivity contribution in [2.45, 2.75) is 37.1 Å². The fraction of sp³-hybridized carbons (Fsp3) is 0.583. The minimum absolute atomic E-state index is 0.569. The van der Waals surface area contributed by atoms with Crippen LogP contribution in [0.5, 0.6) is 0 Å². The number of aromatic amines is 1. The largest absolute Gasteiger partial charge is 0.391 e. The van der Waals surface area contributed by atoms with Crippen LogP contribution < -0.4 is 11.4 Å². The van der Waals surface area contributed by atoms with Crippen LogP contribution in [0, 0.1) is 11.8 Å². The van der Waals surface area contributed by atoms with Gasteiger partial charge in [0.1, 0.15) is 25.2 Å². The number of aliphatic hydroxyl groups is 2. The van der Waals surface area contributed by atoms with Gasteiger partial charge in [0.2, 0.25) is 5.67 Å². The summed E-state index contributed by atoms with van der Waals surface area (Å²) in [5, 5.41) is 19.5. The number of ether oxygens (including phenoxy) is 1. The lowest BCUT2D eigenvalue weighted by Crippen LogP contribution is -2.46. The first-order valence-electron chi connectivity index (χ1n) is 6.25. The predicted octanol–water partition coefficient (Wildman–Crippen LogP) is -1.75. The molecule has 0 saturated carbocycles. The normalized spacial score (nSPS) is 32.3. The first-order valence-corrected chi connectivity index (χ1v) is 6.25. The number of rotatable bonds is 2. The quantitative estimate of drug-likeness (QED) is 0.557. The van der Waals surface area contributed by atoms with Crippen LogP contribution in [-0.4, -0.2) is 55.4 Å². The standard InChI is InChI=1S/C12H13F2N3O5/c1-6(18)7-8(19)12(14,3-2-4-13)9(22-7)17-5-15-10(20)16-11(17)21/h5-9,18-19H,4H2,1H3,(H,16,20,21)/t6-,7-,8+,9-,12?/m1/s1. The molecule has 1 aliphatic rings. The van der Waals surface area contributed by atoms with Gasteiger partial charge in [0, 0.05) is 0 Å². The van der Waals surface area contributed by atoms with Gasteiger partial charge in [-0.1, -0.05) is 11.8 Å². The molecule has 1 aromatic rings. The van der Waals surface area contributed by atoms with E-state index in [0.717, 1.165) is 0 Å². The van der Waals surface area contributed by atoms with Gasteiger partial charge in [-0.15, -0.1) is 0 Å². The highest BCUT2D eigenvalue weighted by molar-refractivity contribution is 5.23. The van der Waals surface area contributed by atoms with Crippen molar-refractivity contribution in [1.29, 1.82) is 0 Å². The van der Waals surface area contributed by atoms with Crippen molar-refractivity contribution < 1.29 is 23.7 Å². The molecule has 0 bridgehead atoms. The molecule has 1 unspecified atom stereocenters. The van der Waals surface area contributed by atoms with Gasteiger partial charge in [-0.25, -0.2) is 18.4 Å². The molecule has 2 heterocycles. The maximum absolute atomic E-state index is 15.0. The Bertz CT molecular complexity index is 722. The molecule has 0 spiro atoms. The molecule has 5 atom stereocenters. The second kappa shape index (κ2) is 5.96. The number of aliphatic hydroxyl groups excluding tert-OH is 2. The van der Waals surface area contributed by atoms with Gasteiger partial charge in [-0.05, 0) is 6.92 Å². The number of hydrogen-bond acceptors (Lipinski definition) is 6. The molecule has 0 aliphatic carbocycles. The Morgan fingerprint density at radius 3 is 2.86 bits per heavy atom. The summed E-state index contributed by atoms with van der Waals surface area (Å²) in [5.74, 6) is 3.71. The zero-order valence-electron chi connectivity index (χ0n) is 11.4. The Hall–Kier alpha value is -2.09. The fourth-order valence-electron chi connectivity index (χ4n) is 2.18. The van der Waals surface area contributed by atoms with Crippen molar-refractivity contribution in [2.24, 2.45) is 0 Å². The molecule has 1 aromatic heterocycles. The monoisotopic (exact) mass is 317 g/mol. The third kappa shape index (κ3) is 2.66.